The number of hydrogen-bond donors (Lipinski definition) is 4. The largest absolute Gasteiger partial charge is 0.474 e. The van der Waals surface area contributed by atoms with Gasteiger partial charge in [0, 0.05) is 41.5 Å². The summed E-state index contributed by atoms with van der Waals surface area (Å²) in [7, 11) is 0. The van der Waals surface area contributed by atoms with Crippen molar-refractivity contribution in [3.63, 3.8) is 0 Å². The van der Waals surface area contributed by atoms with Gasteiger partial charge in [0.05, 0.1) is 5.69 Å². The monoisotopic (exact) mass is 436 g/mol. The molecule has 9 heteroatoms. The highest BCUT2D eigenvalue weighted by Crippen LogP contribution is 2.39. The third-order valence-electron chi connectivity index (χ3n) is 6.41. The summed E-state index contributed by atoms with van der Waals surface area (Å²) in [5, 5.41) is 10.1. The zero-order chi connectivity index (χ0) is 22.4. The van der Waals surface area contributed by atoms with Gasteiger partial charge in [-0.3, -0.25) is 5.32 Å². The maximum Gasteiger partial charge on any atom is 0.320 e. The Morgan fingerprint density at radius 2 is 2.09 bits per heavy atom. The minimum absolute atomic E-state index is 0.00521. The Morgan fingerprint density at radius 3 is 2.84 bits per heavy atom. The first-order valence-corrected chi connectivity index (χ1v) is 10.7. The van der Waals surface area contributed by atoms with Gasteiger partial charge in [-0.25, -0.2) is 19.2 Å². The van der Waals surface area contributed by atoms with Crippen molar-refractivity contribution in [1.29, 1.82) is 0 Å². The minimum atomic E-state index is -0.529. The predicted molar refractivity (Wildman–Crippen MR) is 122 cm³/mol. The predicted octanol–water partition coefficient (Wildman–Crippen LogP) is 4.05. The Balaban J connectivity index is 1.50. The number of nitrogens with zero attached hydrogens (tertiary/aromatic N) is 2. The molecule has 0 radical (unpaired) electrons. The SMILES string of the molecule is Cc1c(-c2cc3cc(NC(=O)N[C@H]4CC[C@@H]4C)ncc3c(N)c2F)cnc2c1NCCO2. The second-order valence-corrected chi connectivity index (χ2v) is 8.45. The fraction of sp³-hybridized carbons (Fsp3) is 0.348. The average molecular weight is 436 g/mol. The first-order chi connectivity index (χ1) is 15.4. The molecule has 3 aromatic rings. The molecule has 32 heavy (non-hydrogen) atoms. The molecule has 2 atom stereocenters. The van der Waals surface area contributed by atoms with Gasteiger partial charge >= 0.3 is 6.03 Å². The molecule has 0 bridgehead atoms. The van der Waals surface area contributed by atoms with Gasteiger partial charge in [-0.1, -0.05) is 6.92 Å². The molecular formula is C23H25FN6O2. The Labute approximate surface area is 184 Å². The van der Waals surface area contributed by atoms with Crippen molar-refractivity contribution in [2.75, 3.05) is 29.5 Å². The van der Waals surface area contributed by atoms with Crippen LogP contribution < -0.4 is 26.4 Å². The number of carbonyl (C=O) groups is 1. The summed E-state index contributed by atoms with van der Waals surface area (Å²) in [5.41, 5.74) is 8.67. The van der Waals surface area contributed by atoms with E-state index in [1.54, 1.807) is 18.3 Å². The molecule has 0 spiro atoms. The van der Waals surface area contributed by atoms with Crippen molar-refractivity contribution in [2.45, 2.75) is 32.7 Å². The van der Waals surface area contributed by atoms with Crippen molar-refractivity contribution in [2.24, 2.45) is 5.92 Å². The van der Waals surface area contributed by atoms with Crippen LogP contribution in [0.15, 0.2) is 24.5 Å². The van der Waals surface area contributed by atoms with Gasteiger partial charge in [0.15, 0.2) is 5.82 Å². The van der Waals surface area contributed by atoms with Gasteiger partial charge in [0.2, 0.25) is 5.88 Å². The van der Waals surface area contributed by atoms with Crippen LogP contribution in [0, 0.1) is 18.7 Å². The van der Waals surface area contributed by atoms with Crippen molar-refractivity contribution in [1.82, 2.24) is 15.3 Å². The highest BCUT2D eigenvalue weighted by Gasteiger charge is 2.28. The molecule has 166 valence electrons. The van der Waals surface area contributed by atoms with E-state index >= 15 is 4.39 Å². The van der Waals surface area contributed by atoms with E-state index in [2.05, 4.69) is 32.8 Å². The molecule has 1 aliphatic heterocycles. The molecule has 5 rings (SSSR count). The van der Waals surface area contributed by atoms with Crippen LogP contribution in [0.25, 0.3) is 21.9 Å². The van der Waals surface area contributed by atoms with E-state index in [0.29, 0.717) is 52.7 Å². The number of nitrogen functional groups attached to an aromatic ring is 1. The molecule has 0 saturated heterocycles. The van der Waals surface area contributed by atoms with E-state index in [9.17, 15) is 4.79 Å². The van der Waals surface area contributed by atoms with Crippen molar-refractivity contribution in [3.05, 3.63) is 35.9 Å². The summed E-state index contributed by atoms with van der Waals surface area (Å²) in [6.45, 7) is 5.19. The molecule has 3 heterocycles. The highest BCUT2D eigenvalue weighted by molar-refractivity contribution is 6.00. The Bertz CT molecular complexity index is 1230. The van der Waals surface area contributed by atoms with Gasteiger partial charge in [0.25, 0.3) is 0 Å². The second kappa shape index (κ2) is 7.81. The molecule has 1 aliphatic carbocycles. The van der Waals surface area contributed by atoms with Crippen LogP contribution in [-0.4, -0.2) is 35.2 Å². The van der Waals surface area contributed by atoms with Gasteiger partial charge < -0.3 is 21.1 Å². The zero-order valence-corrected chi connectivity index (χ0v) is 18.0. The van der Waals surface area contributed by atoms with E-state index in [4.69, 9.17) is 10.5 Å². The van der Waals surface area contributed by atoms with Crippen LogP contribution in [0.3, 0.4) is 0 Å². The quantitative estimate of drug-likeness (QED) is 0.461. The smallest absolute Gasteiger partial charge is 0.320 e. The topological polar surface area (TPSA) is 114 Å². The maximum absolute atomic E-state index is 15.3. The number of nitrogens with two attached hydrogens (primary N) is 1. The highest BCUT2D eigenvalue weighted by atomic mass is 19.1. The number of nitrogens with one attached hydrogen (secondary N) is 3. The number of anilines is 3. The number of aromatic nitrogens is 2. The van der Waals surface area contributed by atoms with Gasteiger partial charge in [-0.05, 0) is 48.8 Å². The number of halogens is 1. The standard InChI is InChI=1S/C23H25FN6O2/c1-11-3-4-17(11)29-23(31)30-18-8-13-7-14(19(24)20(25)16(13)10-27-18)15-9-28-22-21(12(15)2)26-5-6-32-22/h7-11,17,26H,3-6,25H2,1-2H3,(H2,27,29,30,31)/t11-,17-/m0/s1. The molecule has 1 aromatic carbocycles. The molecule has 1 fully saturated rings. The molecule has 8 nitrogen and oxygen atoms in total. The van der Waals surface area contributed by atoms with E-state index in [0.717, 1.165) is 24.1 Å². The van der Waals surface area contributed by atoms with Crippen LogP contribution in [0.1, 0.15) is 25.3 Å². The lowest BCUT2D eigenvalue weighted by molar-refractivity contribution is 0.213. The summed E-state index contributed by atoms with van der Waals surface area (Å²) in [6, 6.07) is 3.29. The van der Waals surface area contributed by atoms with Crippen molar-refractivity contribution in [3.8, 4) is 17.0 Å². The minimum Gasteiger partial charge on any atom is -0.474 e. The first-order valence-electron chi connectivity index (χ1n) is 10.7. The molecular weight excluding hydrogens is 411 g/mol. The Morgan fingerprint density at radius 1 is 1.25 bits per heavy atom. The van der Waals surface area contributed by atoms with Crippen molar-refractivity contribution < 1.29 is 13.9 Å². The lowest BCUT2D eigenvalue weighted by Gasteiger charge is -2.34. The summed E-state index contributed by atoms with van der Waals surface area (Å²) >= 11 is 0. The maximum atomic E-state index is 15.3. The van der Waals surface area contributed by atoms with Crippen LogP contribution in [-0.2, 0) is 0 Å². The number of fused-ring (bicyclic) bond motifs is 2. The van der Waals surface area contributed by atoms with E-state index < -0.39 is 5.82 Å². The number of rotatable bonds is 3. The van der Waals surface area contributed by atoms with Crippen molar-refractivity contribution >= 4 is 34.0 Å². The van der Waals surface area contributed by atoms with Crippen LogP contribution in [0.5, 0.6) is 5.88 Å². The third kappa shape index (κ3) is 3.43. The molecule has 2 amide bonds. The lowest BCUT2D eigenvalue weighted by atomic mass is 9.81. The van der Waals surface area contributed by atoms with E-state index in [1.165, 1.54) is 6.20 Å². The number of amides is 2. The number of ether oxygens (including phenoxy) is 1. The van der Waals surface area contributed by atoms with E-state index in [-0.39, 0.29) is 17.8 Å². The van der Waals surface area contributed by atoms with Crippen LogP contribution >= 0.6 is 0 Å². The number of benzene rings is 1. The molecule has 0 unspecified atom stereocenters. The normalized spacial score (nSPS) is 19.3. The molecule has 1 saturated carbocycles. The van der Waals surface area contributed by atoms with Crippen LogP contribution in [0.4, 0.5) is 26.4 Å². The first kappa shape index (κ1) is 20.3. The van der Waals surface area contributed by atoms with Gasteiger partial charge in [-0.15, -0.1) is 0 Å². The number of urea groups is 1. The van der Waals surface area contributed by atoms with Gasteiger partial charge in [0.1, 0.15) is 18.1 Å². The fourth-order valence-corrected chi connectivity index (χ4v) is 4.26. The summed E-state index contributed by atoms with van der Waals surface area (Å²) in [5.74, 6) is 0.825. The number of pyridine rings is 2. The average Bonchev–Trinajstić information content (AvgIpc) is 2.79. The van der Waals surface area contributed by atoms with Crippen LogP contribution in [0.2, 0.25) is 0 Å². The zero-order valence-electron chi connectivity index (χ0n) is 18.0. The Kier molecular flexibility index (Phi) is 4.96. The summed E-state index contributed by atoms with van der Waals surface area (Å²) in [6.07, 6.45) is 5.17. The number of hydrogen-bond acceptors (Lipinski definition) is 6. The molecule has 2 aliphatic rings. The Hall–Kier alpha value is -3.62. The third-order valence-corrected chi connectivity index (χ3v) is 6.41. The molecule has 5 N–H and O–H groups in total. The lowest BCUT2D eigenvalue weighted by Crippen LogP contribution is -2.47. The fourth-order valence-electron chi connectivity index (χ4n) is 4.26. The second-order valence-electron chi connectivity index (χ2n) is 8.45. The number of carbonyl (C=O) groups excluding carboxylic acids is 1. The van der Waals surface area contributed by atoms with Gasteiger partial charge in [-0.2, -0.15) is 0 Å². The van der Waals surface area contributed by atoms with E-state index in [1.807, 2.05) is 6.92 Å². The summed E-state index contributed by atoms with van der Waals surface area (Å²) in [4.78, 5) is 20.9. The summed E-state index contributed by atoms with van der Waals surface area (Å²) < 4.78 is 20.8. The molecule has 2 aromatic heterocycles.